The van der Waals surface area contributed by atoms with Crippen molar-refractivity contribution < 1.29 is 18.1 Å². The predicted octanol–water partition coefficient (Wildman–Crippen LogP) is 1.43. The second kappa shape index (κ2) is 9.27. The molecule has 8 heteroatoms. The van der Waals surface area contributed by atoms with E-state index in [1.54, 1.807) is 43.4 Å². The van der Waals surface area contributed by atoms with Gasteiger partial charge in [-0.25, -0.2) is 8.42 Å². The lowest BCUT2D eigenvalue weighted by Gasteiger charge is -2.19. The number of anilines is 1. The minimum atomic E-state index is -3.54. The summed E-state index contributed by atoms with van der Waals surface area (Å²) >= 11 is 1.64. The second-order valence-corrected chi connectivity index (χ2v) is 8.83. The summed E-state index contributed by atoms with van der Waals surface area (Å²) in [4.78, 5) is 13.5. The van der Waals surface area contributed by atoms with Gasteiger partial charge in [-0.1, -0.05) is 19.9 Å². The number of sulfonamides is 1. The first-order valence-electron chi connectivity index (χ1n) is 8.59. The van der Waals surface area contributed by atoms with E-state index in [1.807, 2.05) is 18.5 Å². The Kier molecular flexibility index (Phi) is 7.33. The lowest BCUT2D eigenvalue weighted by Crippen LogP contribution is -3.08. The van der Waals surface area contributed by atoms with Crippen LogP contribution >= 0.6 is 11.3 Å². The number of hydrogen-bond acceptors (Lipinski definition) is 4. The molecule has 1 amide bonds. The Morgan fingerprint density at radius 3 is 2.58 bits per heavy atom. The Bertz CT molecular complexity index is 816. The highest BCUT2D eigenvalue weighted by Crippen LogP contribution is 2.19. The van der Waals surface area contributed by atoms with Gasteiger partial charge in [-0.3, -0.25) is 4.79 Å². The van der Waals surface area contributed by atoms with Crippen molar-refractivity contribution in [1.82, 2.24) is 4.31 Å². The molecule has 0 aliphatic rings. The molecule has 1 atom stereocenters. The van der Waals surface area contributed by atoms with Crippen LogP contribution in [0.3, 0.4) is 0 Å². The topological polar surface area (TPSA) is 70.9 Å². The molecule has 26 heavy (non-hydrogen) atoms. The van der Waals surface area contributed by atoms with Gasteiger partial charge in [0.15, 0.2) is 6.54 Å². The van der Waals surface area contributed by atoms with E-state index in [9.17, 15) is 13.2 Å². The summed E-state index contributed by atoms with van der Waals surface area (Å²) in [5, 5.41) is 6.89. The summed E-state index contributed by atoms with van der Waals surface area (Å²) in [7, 11) is -1.58. The highest BCUT2D eigenvalue weighted by Gasteiger charge is 2.22. The summed E-state index contributed by atoms with van der Waals surface area (Å²) in [5.41, 5.74) is 1.69. The maximum Gasteiger partial charge on any atom is 0.279 e. The molecule has 0 aliphatic heterocycles. The summed E-state index contributed by atoms with van der Waals surface area (Å²) < 4.78 is 26.6. The van der Waals surface area contributed by atoms with Crippen LogP contribution in [0, 0.1) is 0 Å². The van der Waals surface area contributed by atoms with Gasteiger partial charge in [-0.2, -0.15) is 15.6 Å². The van der Waals surface area contributed by atoms with Crippen LogP contribution in [0.5, 0.6) is 0 Å². The fraction of sp³-hybridized carbons (Fsp3) is 0.389. The van der Waals surface area contributed by atoms with E-state index in [2.05, 4.69) is 10.7 Å². The first-order chi connectivity index (χ1) is 12.4. The van der Waals surface area contributed by atoms with E-state index in [-0.39, 0.29) is 10.8 Å². The summed E-state index contributed by atoms with van der Waals surface area (Å²) in [6.45, 7) is 5.51. The highest BCUT2D eigenvalue weighted by molar-refractivity contribution is 7.89. The molecule has 0 saturated carbocycles. The average Bonchev–Trinajstić information content (AvgIpc) is 3.08. The molecule has 0 fully saturated rings. The molecule has 1 heterocycles. The first kappa shape index (κ1) is 20.6. The van der Waals surface area contributed by atoms with Crippen LogP contribution in [-0.4, -0.2) is 45.3 Å². The fourth-order valence-corrected chi connectivity index (χ4v) is 4.90. The third-order valence-electron chi connectivity index (χ3n) is 4.01. The predicted molar refractivity (Wildman–Crippen MR) is 105 cm³/mol. The SMILES string of the molecule is CCN(CC)S(=O)(=O)c1cccc(NC(=O)C[NH+](C)Cc2ccsc2)c1. The standard InChI is InChI=1S/C18H25N3O3S2/c1-4-21(5-2)26(23,24)17-8-6-7-16(11-17)19-18(22)13-20(3)12-15-9-10-25-14-15/h6-11,14H,4-5,12-13H2,1-3H3,(H,19,22)/p+1. The third-order valence-corrected chi connectivity index (χ3v) is 6.79. The van der Waals surface area contributed by atoms with E-state index in [0.29, 0.717) is 25.3 Å². The molecule has 0 radical (unpaired) electrons. The molecule has 6 nitrogen and oxygen atoms in total. The number of hydrogen-bond donors (Lipinski definition) is 2. The van der Waals surface area contributed by atoms with Gasteiger partial charge in [0, 0.05) is 24.3 Å². The Labute approximate surface area is 159 Å². The largest absolute Gasteiger partial charge is 0.326 e. The van der Waals surface area contributed by atoms with Crippen LogP contribution in [0.15, 0.2) is 46.0 Å². The first-order valence-corrected chi connectivity index (χ1v) is 11.0. The van der Waals surface area contributed by atoms with Crippen molar-refractivity contribution in [3.8, 4) is 0 Å². The molecule has 1 aromatic heterocycles. The monoisotopic (exact) mass is 396 g/mol. The van der Waals surface area contributed by atoms with Crippen LogP contribution in [0.1, 0.15) is 19.4 Å². The molecule has 2 N–H and O–H groups in total. The number of nitrogens with one attached hydrogen (secondary N) is 2. The molecule has 0 saturated heterocycles. The van der Waals surface area contributed by atoms with Gasteiger partial charge in [-0.05, 0) is 35.0 Å². The molecule has 142 valence electrons. The second-order valence-electron chi connectivity index (χ2n) is 6.11. The third kappa shape index (κ3) is 5.38. The maximum atomic E-state index is 12.6. The molecule has 0 spiro atoms. The van der Waals surface area contributed by atoms with Gasteiger partial charge < -0.3 is 10.2 Å². The number of carbonyl (C=O) groups excluding carboxylic acids is 1. The molecule has 2 rings (SSSR count). The van der Waals surface area contributed by atoms with Crippen molar-refractivity contribution in [3.63, 3.8) is 0 Å². The van der Waals surface area contributed by atoms with E-state index in [1.165, 1.54) is 15.9 Å². The van der Waals surface area contributed by atoms with Crippen LogP contribution in [0.25, 0.3) is 0 Å². The zero-order valence-electron chi connectivity index (χ0n) is 15.4. The Morgan fingerprint density at radius 1 is 1.23 bits per heavy atom. The van der Waals surface area contributed by atoms with Crippen molar-refractivity contribution in [3.05, 3.63) is 46.7 Å². The molecule has 0 bridgehead atoms. The number of benzene rings is 1. The van der Waals surface area contributed by atoms with E-state index in [4.69, 9.17) is 0 Å². The highest BCUT2D eigenvalue weighted by atomic mass is 32.2. The average molecular weight is 397 g/mol. The van der Waals surface area contributed by atoms with Crippen molar-refractivity contribution in [2.45, 2.75) is 25.3 Å². The summed E-state index contributed by atoms with van der Waals surface area (Å²) in [6.07, 6.45) is 0. The number of quaternary nitrogens is 1. The van der Waals surface area contributed by atoms with Gasteiger partial charge in [-0.15, -0.1) is 0 Å². The van der Waals surface area contributed by atoms with Crippen LogP contribution in [-0.2, 0) is 21.4 Å². The minimum Gasteiger partial charge on any atom is -0.326 e. The fourth-order valence-electron chi connectivity index (χ4n) is 2.73. The summed E-state index contributed by atoms with van der Waals surface area (Å²) in [6, 6.07) is 8.46. The van der Waals surface area contributed by atoms with E-state index < -0.39 is 10.0 Å². The Hall–Kier alpha value is -1.74. The quantitative estimate of drug-likeness (QED) is 0.674. The number of nitrogens with zero attached hydrogens (tertiary/aromatic N) is 1. The number of thiophene rings is 1. The Balaban J connectivity index is 2.02. The Morgan fingerprint density at radius 2 is 1.96 bits per heavy atom. The smallest absolute Gasteiger partial charge is 0.279 e. The van der Waals surface area contributed by atoms with Gasteiger partial charge in [0.05, 0.1) is 11.9 Å². The van der Waals surface area contributed by atoms with Crippen molar-refractivity contribution in [2.75, 3.05) is 32.0 Å². The molecule has 1 unspecified atom stereocenters. The number of amides is 1. The van der Waals surface area contributed by atoms with Crippen LogP contribution in [0.2, 0.25) is 0 Å². The molecular weight excluding hydrogens is 370 g/mol. The van der Waals surface area contributed by atoms with Crippen molar-refractivity contribution in [2.24, 2.45) is 0 Å². The lowest BCUT2D eigenvalue weighted by atomic mass is 10.3. The van der Waals surface area contributed by atoms with Crippen molar-refractivity contribution >= 4 is 33.0 Å². The van der Waals surface area contributed by atoms with Gasteiger partial charge in [0.1, 0.15) is 6.54 Å². The summed E-state index contributed by atoms with van der Waals surface area (Å²) in [5.74, 6) is -0.143. The normalized spacial score (nSPS) is 12.9. The van der Waals surface area contributed by atoms with E-state index >= 15 is 0 Å². The van der Waals surface area contributed by atoms with Crippen molar-refractivity contribution in [1.29, 1.82) is 0 Å². The number of carbonyl (C=O) groups is 1. The molecular formula is C18H26N3O3S2+. The van der Waals surface area contributed by atoms with Gasteiger partial charge in [0.2, 0.25) is 10.0 Å². The zero-order valence-corrected chi connectivity index (χ0v) is 17.0. The van der Waals surface area contributed by atoms with Gasteiger partial charge >= 0.3 is 0 Å². The molecule has 1 aromatic carbocycles. The van der Waals surface area contributed by atoms with Crippen LogP contribution in [0.4, 0.5) is 5.69 Å². The van der Waals surface area contributed by atoms with Gasteiger partial charge in [0.25, 0.3) is 5.91 Å². The number of rotatable bonds is 9. The molecule has 0 aliphatic carbocycles. The molecule has 2 aromatic rings. The van der Waals surface area contributed by atoms with E-state index in [0.717, 1.165) is 11.4 Å². The zero-order chi connectivity index (χ0) is 19.2. The van der Waals surface area contributed by atoms with Crippen LogP contribution < -0.4 is 10.2 Å². The number of likely N-dealkylation sites (N-methyl/N-ethyl adjacent to an activating group) is 1. The minimum absolute atomic E-state index is 0.143. The lowest BCUT2D eigenvalue weighted by molar-refractivity contribution is -0.885. The maximum absolute atomic E-state index is 12.6.